The predicted molar refractivity (Wildman–Crippen MR) is 93.8 cm³/mol. The fourth-order valence-electron chi connectivity index (χ4n) is 2.94. The van der Waals surface area contributed by atoms with Crippen molar-refractivity contribution in [3.63, 3.8) is 0 Å². The lowest BCUT2D eigenvalue weighted by atomic mass is 9.99. The average Bonchev–Trinajstić information content (AvgIpc) is 2.52. The third kappa shape index (κ3) is 3.33. The van der Waals surface area contributed by atoms with Gasteiger partial charge in [-0.15, -0.1) is 6.58 Å². The summed E-state index contributed by atoms with van der Waals surface area (Å²) in [5, 5.41) is 5.34. The van der Waals surface area contributed by atoms with E-state index in [-0.39, 0.29) is 0 Å². The van der Waals surface area contributed by atoms with Crippen LogP contribution >= 0.6 is 0 Å². The van der Waals surface area contributed by atoms with E-state index in [2.05, 4.69) is 61.2 Å². The molecule has 106 valence electrons. The number of allylic oxidation sites excluding steroid dienone is 1. The molecule has 0 amide bonds. The van der Waals surface area contributed by atoms with Gasteiger partial charge in [0.1, 0.15) is 0 Å². The van der Waals surface area contributed by atoms with Crippen molar-refractivity contribution < 1.29 is 0 Å². The molecular weight excluding hydrogens is 252 g/mol. The highest BCUT2D eigenvalue weighted by molar-refractivity contribution is 5.98. The Labute approximate surface area is 127 Å². The molecule has 0 fully saturated rings. The van der Waals surface area contributed by atoms with Gasteiger partial charge in [-0.05, 0) is 64.9 Å². The van der Waals surface area contributed by atoms with Crippen molar-refractivity contribution in [3.8, 4) is 0 Å². The van der Waals surface area contributed by atoms with Gasteiger partial charge in [-0.1, -0.05) is 55.0 Å². The quantitative estimate of drug-likeness (QED) is 0.282. The molecule has 0 nitrogen and oxygen atoms in total. The molecule has 0 atom stereocenters. The number of benzene rings is 3. The van der Waals surface area contributed by atoms with Crippen LogP contribution in [0.2, 0.25) is 0 Å². The molecule has 3 aromatic carbocycles. The molecule has 0 bridgehead atoms. The summed E-state index contributed by atoms with van der Waals surface area (Å²) in [7, 11) is 0. The summed E-state index contributed by atoms with van der Waals surface area (Å²) in [5.74, 6) is 0. The van der Waals surface area contributed by atoms with Crippen molar-refractivity contribution in [1.82, 2.24) is 0 Å². The van der Waals surface area contributed by atoms with E-state index in [1.165, 1.54) is 52.8 Å². The smallest absolute Gasteiger partial charge is 0.0175 e. The lowest BCUT2D eigenvalue weighted by Gasteiger charge is -2.06. The zero-order valence-corrected chi connectivity index (χ0v) is 12.5. The van der Waals surface area contributed by atoms with Crippen molar-refractivity contribution in [1.29, 1.82) is 0 Å². The summed E-state index contributed by atoms with van der Waals surface area (Å²) < 4.78 is 0. The van der Waals surface area contributed by atoms with Gasteiger partial charge in [-0.3, -0.25) is 0 Å². The summed E-state index contributed by atoms with van der Waals surface area (Å²) in [4.78, 5) is 0. The van der Waals surface area contributed by atoms with E-state index in [0.717, 1.165) is 6.42 Å². The van der Waals surface area contributed by atoms with E-state index in [9.17, 15) is 0 Å². The maximum absolute atomic E-state index is 3.78. The second-order valence-corrected chi connectivity index (χ2v) is 5.77. The van der Waals surface area contributed by atoms with Gasteiger partial charge in [0.05, 0.1) is 0 Å². The first kappa shape index (κ1) is 13.9. The zero-order chi connectivity index (χ0) is 14.5. The van der Waals surface area contributed by atoms with Crippen LogP contribution in [0.25, 0.3) is 21.5 Å². The monoisotopic (exact) mass is 274 g/mol. The van der Waals surface area contributed by atoms with Gasteiger partial charge in [-0.2, -0.15) is 0 Å². The van der Waals surface area contributed by atoms with Gasteiger partial charge < -0.3 is 0 Å². The van der Waals surface area contributed by atoms with Gasteiger partial charge in [0.15, 0.2) is 0 Å². The highest BCUT2D eigenvalue weighted by atomic mass is 14.0. The van der Waals surface area contributed by atoms with Crippen molar-refractivity contribution in [2.45, 2.75) is 32.1 Å². The molecular formula is C21H22. The first-order valence-electron chi connectivity index (χ1n) is 7.89. The third-order valence-electron chi connectivity index (χ3n) is 4.14. The van der Waals surface area contributed by atoms with E-state index < -0.39 is 0 Å². The van der Waals surface area contributed by atoms with Crippen LogP contribution < -0.4 is 0 Å². The average molecular weight is 274 g/mol. The molecule has 0 unspecified atom stereocenters. The van der Waals surface area contributed by atoms with Gasteiger partial charge in [-0.25, -0.2) is 0 Å². The van der Waals surface area contributed by atoms with Crippen molar-refractivity contribution >= 4 is 21.5 Å². The minimum atomic E-state index is 1.14. The van der Waals surface area contributed by atoms with Crippen LogP contribution in [0.1, 0.15) is 31.2 Å². The molecule has 0 saturated carbocycles. The Morgan fingerprint density at radius 2 is 1.43 bits per heavy atom. The minimum Gasteiger partial charge on any atom is -0.103 e. The van der Waals surface area contributed by atoms with Crippen LogP contribution in [0.4, 0.5) is 0 Å². The van der Waals surface area contributed by atoms with Crippen LogP contribution in [-0.4, -0.2) is 0 Å². The Hall–Kier alpha value is -2.08. The van der Waals surface area contributed by atoms with E-state index in [1.54, 1.807) is 0 Å². The number of hydrogen-bond donors (Lipinski definition) is 0. The summed E-state index contributed by atoms with van der Waals surface area (Å²) >= 11 is 0. The highest BCUT2D eigenvalue weighted by Gasteiger charge is 2.00. The molecule has 3 aromatic rings. The number of unbranched alkanes of at least 4 members (excludes halogenated alkanes) is 3. The summed E-state index contributed by atoms with van der Waals surface area (Å²) in [6.07, 6.45) is 8.17. The molecule has 21 heavy (non-hydrogen) atoms. The molecule has 0 radical (unpaired) electrons. The minimum absolute atomic E-state index is 1.14. The Balaban J connectivity index is 1.79. The highest BCUT2D eigenvalue weighted by Crippen LogP contribution is 2.24. The number of rotatable bonds is 6. The van der Waals surface area contributed by atoms with Gasteiger partial charge in [0.25, 0.3) is 0 Å². The van der Waals surface area contributed by atoms with Gasteiger partial charge >= 0.3 is 0 Å². The molecule has 0 heteroatoms. The molecule has 0 saturated heterocycles. The van der Waals surface area contributed by atoms with Crippen molar-refractivity contribution in [2.24, 2.45) is 0 Å². The van der Waals surface area contributed by atoms with E-state index >= 15 is 0 Å². The Morgan fingerprint density at radius 3 is 2.19 bits per heavy atom. The van der Waals surface area contributed by atoms with Crippen LogP contribution in [0, 0.1) is 0 Å². The molecule has 0 aliphatic rings. The fourth-order valence-corrected chi connectivity index (χ4v) is 2.94. The Morgan fingerprint density at radius 1 is 0.714 bits per heavy atom. The summed E-state index contributed by atoms with van der Waals surface area (Å²) in [6, 6.07) is 20.1. The maximum Gasteiger partial charge on any atom is -0.0175 e. The maximum atomic E-state index is 3.78. The molecule has 0 aromatic heterocycles. The molecule has 0 spiro atoms. The van der Waals surface area contributed by atoms with Crippen molar-refractivity contribution in [2.75, 3.05) is 0 Å². The van der Waals surface area contributed by atoms with Gasteiger partial charge in [0.2, 0.25) is 0 Å². The van der Waals surface area contributed by atoms with E-state index in [1.807, 2.05) is 6.08 Å². The van der Waals surface area contributed by atoms with E-state index in [0.29, 0.717) is 0 Å². The molecule has 0 aliphatic carbocycles. The SMILES string of the molecule is C=CCCCCCc1ccc2cc3ccccc3cc2c1. The number of hydrogen-bond acceptors (Lipinski definition) is 0. The second-order valence-electron chi connectivity index (χ2n) is 5.77. The molecule has 0 aliphatic heterocycles. The van der Waals surface area contributed by atoms with Crippen LogP contribution in [0.3, 0.4) is 0 Å². The molecule has 3 rings (SSSR count). The summed E-state index contributed by atoms with van der Waals surface area (Å²) in [6.45, 7) is 3.78. The molecule has 0 N–H and O–H groups in total. The van der Waals surface area contributed by atoms with Crippen LogP contribution in [0.5, 0.6) is 0 Å². The Kier molecular flexibility index (Phi) is 4.35. The predicted octanol–water partition coefficient (Wildman–Crippen LogP) is 6.28. The van der Waals surface area contributed by atoms with Crippen molar-refractivity contribution in [3.05, 3.63) is 72.8 Å². The summed E-state index contributed by atoms with van der Waals surface area (Å²) in [5.41, 5.74) is 1.45. The second kappa shape index (κ2) is 6.58. The molecule has 0 heterocycles. The largest absolute Gasteiger partial charge is 0.103 e. The van der Waals surface area contributed by atoms with Crippen LogP contribution in [-0.2, 0) is 6.42 Å². The zero-order valence-electron chi connectivity index (χ0n) is 12.5. The standard InChI is InChI=1S/C21H22/c1-2-3-4-5-6-9-17-12-13-20-15-18-10-7-8-11-19(18)16-21(20)14-17/h2,7-8,10-16H,1,3-6,9H2. The topological polar surface area (TPSA) is 0 Å². The first-order chi connectivity index (χ1) is 10.4. The van der Waals surface area contributed by atoms with Gasteiger partial charge in [0, 0.05) is 0 Å². The van der Waals surface area contributed by atoms with Crippen LogP contribution in [0.15, 0.2) is 67.3 Å². The number of fused-ring (bicyclic) bond motifs is 2. The normalized spacial score (nSPS) is 11.0. The Bertz CT molecular complexity index is 752. The number of aryl methyl sites for hydroxylation is 1. The third-order valence-corrected chi connectivity index (χ3v) is 4.14. The lowest BCUT2D eigenvalue weighted by Crippen LogP contribution is -1.86. The fraction of sp³-hybridized carbons (Fsp3) is 0.238. The van der Waals surface area contributed by atoms with E-state index in [4.69, 9.17) is 0 Å². The lowest BCUT2D eigenvalue weighted by molar-refractivity contribution is 0.687. The first-order valence-corrected chi connectivity index (χ1v) is 7.89.